The lowest BCUT2D eigenvalue weighted by atomic mass is 10.1. The van der Waals surface area contributed by atoms with Gasteiger partial charge in [-0.3, -0.25) is 0 Å². The summed E-state index contributed by atoms with van der Waals surface area (Å²) in [4.78, 5) is 4.45. The molecule has 3 rings (SSSR count). The van der Waals surface area contributed by atoms with Crippen LogP contribution < -0.4 is 10.0 Å². The summed E-state index contributed by atoms with van der Waals surface area (Å²) in [6.45, 7) is 1.01. The molecule has 0 aliphatic carbocycles. The predicted molar refractivity (Wildman–Crippen MR) is 102 cm³/mol. The molecule has 0 aliphatic heterocycles. The molecule has 0 bridgehead atoms. The Labute approximate surface area is 155 Å². The van der Waals surface area contributed by atoms with Crippen LogP contribution in [0.3, 0.4) is 0 Å². The highest BCUT2D eigenvalue weighted by Crippen LogP contribution is 2.16. The molecule has 0 atom stereocenters. The molecule has 0 aliphatic rings. The third kappa shape index (κ3) is 5.33. The maximum atomic E-state index is 12.0. The number of anilines is 1. The van der Waals surface area contributed by atoms with E-state index >= 15 is 0 Å². The summed E-state index contributed by atoms with van der Waals surface area (Å²) >= 11 is 2.53. The number of nitrogens with zero attached hydrogens (tertiary/aromatic N) is 2. The third-order valence-electron chi connectivity index (χ3n) is 3.35. The maximum Gasteiger partial charge on any atom is 0.250 e. The molecule has 25 heavy (non-hydrogen) atoms. The number of aromatic nitrogens is 2. The summed E-state index contributed by atoms with van der Waals surface area (Å²) in [7, 11) is -3.38. The van der Waals surface area contributed by atoms with E-state index < -0.39 is 10.0 Å². The molecular weight excluding hydrogens is 376 g/mol. The van der Waals surface area contributed by atoms with Crippen molar-refractivity contribution in [3.05, 3.63) is 59.2 Å². The van der Waals surface area contributed by atoms with Gasteiger partial charge in [0.1, 0.15) is 10.0 Å². The minimum Gasteiger partial charge on any atom is -0.360 e. The van der Waals surface area contributed by atoms with Crippen LogP contribution in [0.1, 0.15) is 17.8 Å². The molecule has 9 heteroatoms. The Kier molecular flexibility index (Phi) is 6.14. The molecule has 2 heterocycles. The highest BCUT2D eigenvalue weighted by molar-refractivity contribution is 7.91. The van der Waals surface area contributed by atoms with Gasteiger partial charge in [0.2, 0.25) is 15.2 Å². The smallest absolute Gasteiger partial charge is 0.250 e. The summed E-state index contributed by atoms with van der Waals surface area (Å²) < 4.78 is 31.2. The zero-order valence-electron chi connectivity index (χ0n) is 13.4. The van der Waals surface area contributed by atoms with Gasteiger partial charge >= 0.3 is 0 Å². The Hall–Kier alpha value is -1.81. The van der Waals surface area contributed by atoms with Crippen LogP contribution in [0.15, 0.2) is 52.1 Å². The van der Waals surface area contributed by atoms with Crippen molar-refractivity contribution in [1.29, 1.82) is 0 Å². The molecule has 0 saturated heterocycles. The van der Waals surface area contributed by atoms with E-state index in [0.29, 0.717) is 30.1 Å². The number of sulfonamides is 1. The Balaban J connectivity index is 1.40. The Bertz CT molecular complexity index is 877. The largest absolute Gasteiger partial charge is 0.360 e. The first kappa shape index (κ1) is 18.0. The summed E-state index contributed by atoms with van der Waals surface area (Å²) in [6.07, 6.45) is 1.37. The SMILES string of the molecule is O=S(=O)(NCCCNc1nc(Cc2ccccc2)ns1)c1cccs1. The van der Waals surface area contributed by atoms with Crippen LogP contribution >= 0.6 is 22.9 Å². The Morgan fingerprint density at radius 1 is 1.04 bits per heavy atom. The quantitative estimate of drug-likeness (QED) is 0.545. The lowest BCUT2D eigenvalue weighted by Crippen LogP contribution is -2.25. The first-order valence-corrected chi connectivity index (χ1v) is 10.9. The minimum atomic E-state index is -3.38. The lowest BCUT2D eigenvalue weighted by molar-refractivity contribution is 0.582. The molecule has 0 spiro atoms. The molecule has 2 N–H and O–H groups in total. The molecular formula is C16H18N4O2S3. The topological polar surface area (TPSA) is 84.0 Å². The summed E-state index contributed by atoms with van der Waals surface area (Å²) in [6, 6.07) is 13.4. The van der Waals surface area contributed by atoms with Gasteiger partial charge in [-0.1, -0.05) is 36.4 Å². The van der Waals surface area contributed by atoms with Crippen molar-refractivity contribution >= 4 is 38.0 Å². The van der Waals surface area contributed by atoms with Crippen molar-refractivity contribution in [3.63, 3.8) is 0 Å². The second-order valence-corrected chi connectivity index (χ2v) is 8.98. The van der Waals surface area contributed by atoms with Crippen molar-refractivity contribution < 1.29 is 8.42 Å². The van der Waals surface area contributed by atoms with Crippen LogP contribution in [-0.4, -0.2) is 30.9 Å². The Morgan fingerprint density at radius 2 is 1.88 bits per heavy atom. The van der Waals surface area contributed by atoms with Gasteiger partial charge in [-0.15, -0.1) is 11.3 Å². The van der Waals surface area contributed by atoms with Gasteiger partial charge in [0.25, 0.3) is 0 Å². The molecule has 6 nitrogen and oxygen atoms in total. The van der Waals surface area contributed by atoms with Gasteiger partial charge < -0.3 is 5.32 Å². The number of nitrogens with one attached hydrogen (secondary N) is 2. The van der Waals surface area contributed by atoms with Crippen LogP contribution in [0.25, 0.3) is 0 Å². The standard InChI is InChI=1S/C16H18N4O2S3/c21-25(22,15-8-4-11-23-15)18-10-5-9-17-16-19-14(20-24-16)12-13-6-2-1-3-7-13/h1-4,6-8,11,18H,5,9-10,12H2,(H,17,19,20). The normalized spacial score (nSPS) is 11.5. The van der Waals surface area contributed by atoms with Crippen molar-refractivity contribution in [3.8, 4) is 0 Å². The summed E-state index contributed by atoms with van der Waals surface area (Å²) in [5.74, 6) is 0.789. The monoisotopic (exact) mass is 394 g/mol. The van der Waals surface area contributed by atoms with Crippen LogP contribution in [0.4, 0.5) is 5.13 Å². The van der Waals surface area contributed by atoms with Crippen LogP contribution in [0.5, 0.6) is 0 Å². The molecule has 0 amide bonds. The molecule has 2 aromatic heterocycles. The van der Waals surface area contributed by atoms with E-state index in [4.69, 9.17) is 0 Å². The zero-order valence-corrected chi connectivity index (χ0v) is 15.8. The van der Waals surface area contributed by atoms with Gasteiger partial charge in [0.05, 0.1) is 0 Å². The molecule has 0 fully saturated rings. The van der Waals surface area contributed by atoms with E-state index in [0.717, 1.165) is 11.0 Å². The van der Waals surface area contributed by atoms with Crippen molar-refractivity contribution in [1.82, 2.24) is 14.1 Å². The lowest BCUT2D eigenvalue weighted by Gasteiger charge is -2.05. The highest BCUT2D eigenvalue weighted by atomic mass is 32.2. The van der Waals surface area contributed by atoms with Crippen molar-refractivity contribution in [2.24, 2.45) is 0 Å². The van der Waals surface area contributed by atoms with Crippen LogP contribution in [-0.2, 0) is 16.4 Å². The first-order chi connectivity index (χ1) is 12.1. The molecule has 0 radical (unpaired) electrons. The van der Waals surface area contributed by atoms with E-state index in [9.17, 15) is 8.42 Å². The van der Waals surface area contributed by atoms with Gasteiger partial charge in [-0.05, 0) is 23.4 Å². The fourth-order valence-corrected chi connectivity index (χ4v) is 4.88. The Morgan fingerprint density at radius 3 is 2.64 bits per heavy atom. The van der Waals surface area contributed by atoms with Crippen LogP contribution in [0, 0.1) is 0 Å². The first-order valence-electron chi connectivity index (χ1n) is 7.77. The molecule has 0 saturated carbocycles. The predicted octanol–water partition coefficient (Wildman–Crippen LogP) is 2.97. The summed E-state index contributed by atoms with van der Waals surface area (Å²) in [5, 5.41) is 5.69. The van der Waals surface area contributed by atoms with E-state index in [1.54, 1.807) is 17.5 Å². The number of hydrogen-bond acceptors (Lipinski definition) is 7. The van der Waals surface area contributed by atoms with E-state index in [2.05, 4.69) is 19.4 Å². The highest BCUT2D eigenvalue weighted by Gasteiger charge is 2.13. The van der Waals surface area contributed by atoms with Gasteiger partial charge in [-0.2, -0.15) is 4.37 Å². The van der Waals surface area contributed by atoms with Gasteiger partial charge in [0.15, 0.2) is 0 Å². The third-order valence-corrected chi connectivity index (χ3v) is 6.92. The molecule has 1 aromatic carbocycles. The zero-order chi connectivity index (χ0) is 17.5. The average molecular weight is 395 g/mol. The maximum absolute atomic E-state index is 12.0. The average Bonchev–Trinajstić information content (AvgIpc) is 3.28. The van der Waals surface area contributed by atoms with Gasteiger partial charge in [0, 0.05) is 31.0 Å². The van der Waals surface area contributed by atoms with Crippen molar-refractivity contribution in [2.75, 3.05) is 18.4 Å². The minimum absolute atomic E-state index is 0.343. The number of rotatable bonds is 9. The second kappa shape index (κ2) is 8.52. The van der Waals surface area contributed by atoms with E-state index in [1.807, 2.05) is 30.3 Å². The number of thiophene rings is 1. The number of hydrogen-bond donors (Lipinski definition) is 2. The van der Waals surface area contributed by atoms with Gasteiger partial charge in [-0.25, -0.2) is 18.1 Å². The fourth-order valence-electron chi connectivity index (χ4n) is 2.15. The van der Waals surface area contributed by atoms with E-state index in [-0.39, 0.29) is 0 Å². The number of benzene rings is 1. The molecule has 0 unspecified atom stereocenters. The molecule has 3 aromatic rings. The second-order valence-electron chi connectivity index (χ2n) is 5.29. The molecule has 132 valence electrons. The fraction of sp³-hybridized carbons (Fsp3) is 0.250. The summed E-state index contributed by atoms with van der Waals surface area (Å²) in [5.41, 5.74) is 1.18. The van der Waals surface area contributed by atoms with Crippen molar-refractivity contribution in [2.45, 2.75) is 17.1 Å². The van der Waals surface area contributed by atoms with E-state index in [1.165, 1.54) is 28.4 Å². The van der Waals surface area contributed by atoms with Crippen LogP contribution in [0.2, 0.25) is 0 Å².